The van der Waals surface area contributed by atoms with Crippen LogP contribution in [0.1, 0.15) is 126 Å². The lowest BCUT2D eigenvalue weighted by Gasteiger charge is -2.36. The Hall–Kier alpha value is -8.88. The molecule has 0 aliphatic carbocycles. The van der Waals surface area contributed by atoms with Gasteiger partial charge in [-0.1, -0.05) is 98.8 Å². The van der Waals surface area contributed by atoms with Crippen molar-refractivity contribution in [2.75, 3.05) is 59.9 Å². The summed E-state index contributed by atoms with van der Waals surface area (Å²) in [5, 5.41) is 8.56. The van der Waals surface area contributed by atoms with Gasteiger partial charge in [-0.3, -0.25) is 38.4 Å². The van der Waals surface area contributed by atoms with Crippen molar-refractivity contribution in [3.05, 3.63) is 138 Å². The van der Waals surface area contributed by atoms with Crippen molar-refractivity contribution in [2.45, 2.75) is 141 Å². The lowest BCUT2D eigenvalue weighted by atomic mass is 9.87. The summed E-state index contributed by atoms with van der Waals surface area (Å²) in [5.74, 6) is -5.56. The molecule has 2 bridgehead atoms. The number of esters is 2. The van der Waals surface area contributed by atoms with Crippen molar-refractivity contribution >= 4 is 64.8 Å². The number of ketones is 1. The number of hydrogen-bond acceptors (Lipinski definition) is 14. The number of anilines is 1. The van der Waals surface area contributed by atoms with Crippen LogP contribution in [0.5, 0.6) is 11.5 Å². The molecule has 7 amide bonds. The van der Waals surface area contributed by atoms with Crippen LogP contribution in [0, 0.1) is 11.3 Å². The second-order valence-electron chi connectivity index (χ2n) is 24.1. The molecule has 89 heavy (non-hydrogen) atoms. The molecule has 0 saturated carbocycles. The Morgan fingerprint density at radius 2 is 1.34 bits per heavy atom. The molecule has 3 aliphatic rings. The van der Waals surface area contributed by atoms with Gasteiger partial charge in [0, 0.05) is 64.8 Å². The van der Waals surface area contributed by atoms with Crippen LogP contribution in [-0.2, 0) is 70.3 Å². The van der Waals surface area contributed by atoms with Crippen LogP contribution < -0.4 is 25.4 Å². The summed E-state index contributed by atoms with van der Waals surface area (Å²) in [6.07, 6.45) is 4.32. The number of rotatable bonds is 10. The van der Waals surface area contributed by atoms with E-state index < -0.39 is 101 Å². The highest BCUT2D eigenvalue weighted by Crippen LogP contribution is 2.33. The van der Waals surface area contributed by atoms with E-state index in [0.29, 0.717) is 66.8 Å². The van der Waals surface area contributed by atoms with Gasteiger partial charge in [-0.15, -0.1) is 0 Å². The van der Waals surface area contributed by atoms with Gasteiger partial charge < -0.3 is 54.5 Å². The Morgan fingerprint density at radius 1 is 0.663 bits per heavy atom. The third kappa shape index (κ3) is 18.4. The number of carbonyl (C=O) groups excluding carboxylic acids is 10. The molecule has 6 atom stereocenters. The summed E-state index contributed by atoms with van der Waals surface area (Å²) in [7, 11) is 6.19. The summed E-state index contributed by atoms with van der Waals surface area (Å²) < 4.78 is 22.8. The molecule has 2 fully saturated rings. The standard InChI is InChI=1S/C68H85N7O14/c1-44(2)39-53-64(82)72(5)36-17-16-29-59(78)88-43-68(3,4)61(79)66(84)75-37-18-15-27-52(75)67(85)89-54(32-30-46-31-33-55(86-7)56(41-46)87-8)48-25-19-26-49(42-48)69-57(76)34-35-58(77)71-60(47-23-13-10-14-24-47)62(80)70-50(40-45-21-11-9-12-22-45)63(81)74-38-20-28-51(74)65(83)73(53)6/h9-14,16,19,21-26,29,31,33,41-42,44,50-54,60H,15,17-18,20,27-28,30,32,34-40,43H2,1-8H3,(H,69,76)(H,70,80)(H,71,77)/b29-16+/t50-,51+,52-,53-,54+,60-/m0/s1. The Bertz CT molecular complexity index is 3210. The Kier molecular flexibility index (Phi) is 24.2. The van der Waals surface area contributed by atoms with Gasteiger partial charge in [0.2, 0.25) is 41.2 Å². The van der Waals surface area contributed by atoms with Gasteiger partial charge in [0.25, 0.3) is 5.91 Å². The first-order valence-corrected chi connectivity index (χ1v) is 30.6. The van der Waals surface area contributed by atoms with E-state index in [1.165, 1.54) is 59.8 Å². The Labute approximate surface area is 521 Å². The number of ether oxygens (including phenoxy) is 4. The Balaban J connectivity index is 1.19. The normalized spacial score (nSPS) is 23.3. The quantitative estimate of drug-likeness (QED) is 0.107. The summed E-state index contributed by atoms with van der Waals surface area (Å²) >= 11 is 0. The zero-order chi connectivity index (χ0) is 64.4. The average molecular weight is 1220 g/mol. The summed E-state index contributed by atoms with van der Waals surface area (Å²) in [4.78, 5) is 148. The predicted molar refractivity (Wildman–Crippen MR) is 332 cm³/mol. The molecule has 0 unspecified atom stereocenters. The van der Waals surface area contributed by atoms with Crippen LogP contribution in [0.15, 0.2) is 115 Å². The maximum atomic E-state index is 15.0. The number of cyclic esters (lactones) is 2. The number of nitrogens with zero attached hydrogens (tertiary/aromatic N) is 4. The number of aryl methyl sites for hydroxylation is 1. The number of nitrogens with one attached hydrogen (secondary N) is 3. The first kappa shape index (κ1) is 67.6. The fourth-order valence-corrected chi connectivity index (χ4v) is 11.4. The summed E-state index contributed by atoms with van der Waals surface area (Å²) in [6.45, 7) is 6.80. The first-order chi connectivity index (χ1) is 42.6. The van der Waals surface area contributed by atoms with E-state index in [2.05, 4.69) is 16.0 Å². The third-order valence-corrected chi connectivity index (χ3v) is 16.4. The van der Waals surface area contributed by atoms with Gasteiger partial charge in [0.05, 0.1) is 19.6 Å². The van der Waals surface area contributed by atoms with Gasteiger partial charge in [-0.2, -0.15) is 0 Å². The maximum Gasteiger partial charge on any atom is 0.330 e. The van der Waals surface area contributed by atoms with Crippen LogP contribution in [0.25, 0.3) is 0 Å². The molecule has 21 heteroatoms. The lowest BCUT2D eigenvalue weighted by molar-refractivity contribution is -0.165. The van der Waals surface area contributed by atoms with Crippen LogP contribution in [0.4, 0.5) is 5.69 Å². The topological polar surface area (TPSA) is 257 Å². The van der Waals surface area contributed by atoms with E-state index in [0.717, 1.165) is 11.1 Å². The maximum absolute atomic E-state index is 15.0. The number of likely N-dealkylation sites (N-methyl/N-ethyl adjacent to an activating group) is 2. The SMILES string of the molecule is COc1ccc(CC[C@H]2OC(=O)[C@@H]3CCCCN3C(=O)C(=O)C(C)(C)COC(=O)/C=C/CCN(C)C(=O)[C@H](CC(C)C)N(C)C(=O)[C@H]3CCCN3C(=O)[C@H](Cc3ccccc3)NC(=O)[C@H](c3ccccc3)NC(=O)CCC(=O)Nc3cccc2c3)cc1OC. The second-order valence-corrected chi connectivity index (χ2v) is 24.1. The number of piperidine rings is 1. The highest BCUT2D eigenvalue weighted by molar-refractivity contribution is 6.38. The molecule has 7 rings (SSSR count). The average Bonchev–Trinajstić information content (AvgIpc) is 2.05. The Morgan fingerprint density at radius 3 is 2.04 bits per heavy atom. The van der Waals surface area contributed by atoms with E-state index in [-0.39, 0.29) is 70.0 Å². The van der Waals surface area contributed by atoms with Crippen LogP contribution >= 0.6 is 0 Å². The smallest absolute Gasteiger partial charge is 0.330 e. The van der Waals surface area contributed by atoms with Gasteiger partial charge in [0.15, 0.2) is 11.5 Å². The third-order valence-electron chi connectivity index (χ3n) is 16.4. The minimum absolute atomic E-state index is 0.0260. The van der Waals surface area contributed by atoms with Crippen LogP contribution in [0.2, 0.25) is 0 Å². The van der Waals surface area contributed by atoms with Gasteiger partial charge in [-0.25, -0.2) is 9.59 Å². The van der Waals surface area contributed by atoms with Crippen LogP contribution in [-0.4, -0.2) is 157 Å². The number of hydrogen-bond donors (Lipinski definition) is 3. The molecule has 0 radical (unpaired) electrons. The fourth-order valence-electron chi connectivity index (χ4n) is 11.4. The van der Waals surface area contributed by atoms with Crippen molar-refractivity contribution in [2.24, 2.45) is 11.3 Å². The molecule has 0 aromatic heterocycles. The van der Waals surface area contributed by atoms with E-state index >= 15 is 0 Å². The summed E-state index contributed by atoms with van der Waals surface area (Å²) in [5.41, 5.74) is 1.26. The van der Waals surface area contributed by atoms with E-state index in [1.807, 2.05) is 56.3 Å². The lowest BCUT2D eigenvalue weighted by Crippen LogP contribution is -2.58. The number of Topliss-reactive ketones (excluding diaryl/α,β-unsaturated/α-hetero) is 1. The zero-order valence-corrected chi connectivity index (χ0v) is 52.3. The van der Waals surface area contributed by atoms with Crippen molar-refractivity contribution in [3.63, 3.8) is 0 Å². The number of fused-ring (bicyclic) bond motifs is 4. The molecule has 2 saturated heterocycles. The molecule has 3 heterocycles. The molecule has 3 aliphatic heterocycles. The van der Waals surface area contributed by atoms with E-state index in [9.17, 15) is 47.9 Å². The monoisotopic (exact) mass is 1220 g/mol. The number of benzene rings is 4. The highest BCUT2D eigenvalue weighted by atomic mass is 16.5. The summed E-state index contributed by atoms with van der Waals surface area (Å²) in [6, 6.07) is 24.1. The van der Waals surface area contributed by atoms with Crippen molar-refractivity contribution in [1.82, 2.24) is 30.2 Å². The minimum atomic E-state index is -1.51. The molecule has 4 aromatic carbocycles. The largest absolute Gasteiger partial charge is 0.493 e. The van der Waals surface area contributed by atoms with Crippen molar-refractivity contribution in [1.29, 1.82) is 0 Å². The molecule has 21 nitrogen and oxygen atoms in total. The predicted octanol–water partition coefficient (Wildman–Crippen LogP) is 7.03. The molecular formula is C68H85N7O14. The zero-order valence-electron chi connectivity index (χ0n) is 52.3. The van der Waals surface area contributed by atoms with Crippen molar-refractivity contribution < 1.29 is 66.9 Å². The van der Waals surface area contributed by atoms with Gasteiger partial charge in [0.1, 0.15) is 42.9 Å². The van der Waals surface area contributed by atoms with Crippen molar-refractivity contribution in [3.8, 4) is 11.5 Å². The van der Waals surface area contributed by atoms with Gasteiger partial charge >= 0.3 is 11.9 Å². The molecule has 4 aromatic rings. The molecule has 3 N–H and O–H groups in total. The number of carbonyl (C=O) groups is 10. The highest BCUT2D eigenvalue weighted by Gasteiger charge is 2.44. The molecule has 476 valence electrons. The van der Waals surface area contributed by atoms with E-state index in [1.54, 1.807) is 74.8 Å². The van der Waals surface area contributed by atoms with Gasteiger partial charge in [-0.05, 0) is 124 Å². The van der Waals surface area contributed by atoms with Crippen LogP contribution in [0.3, 0.4) is 0 Å². The van der Waals surface area contributed by atoms with E-state index in [4.69, 9.17) is 18.9 Å². The number of methoxy groups -OCH3 is 2. The first-order valence-electron chi connectivity index (χ1n) is 30.6. The second kappa shape index (κ2) is 31.9. The number of amides is 7. The molecule has 0 spiro atoms. The fraction of sp³-hybridized carbons (Fsp3) is 0.471. The molecular weight excluding hydrogens is 1140 g/mol. The minimum Gasteiger partial charge on any atom is -0.493 e.